The number of benzene rings is 3. The number of allylic oxidation sites excluding steroid dienone is 1. The van der Waals surface area contributed by atoms with Crippen molar-refractivity contribution in [1.29, 1.82) is 0 Å². The topological polar surface area (TPSA) is 83.5 Å². The molecule has 0 spiro atoms. The molecule has 0 radical (unpaired) electrons. The van der Waals surface area contributed by atoms with Crippen LogP contribution in [0, 0.1) is 52.3 Å². The van der Waals surface area contributed by atoms with Crippen molar-refractivity contribution in [3.05, 3.63) is 120 Å². The van der Waals surface area contributed by atoms with Crippen LogP contribution in [0.5, 0.6) is 0 Å². The number of fused-ring (bicyclic) bond motifs is 5. The largest absolute Gasteiger partial charge is 0.456 e. The quantitative estimate of drug-likeness (QED) is 0.0632. The van der Waals surface area contributed by atoms with Crippen LogP contribution in [0.4, 0.5) is 0 Å². The van der Waals surface area contributed by atoms with Gasteiger partial charge in [-0.1, -0.05) is 119 Å². The summed E-state index contributed by atoms with van der Waals surface area (Å²) in [5.74, 6) is 2.63. The number of hydrogen-bond donors (Lipinski definition) is 1. The van der Waals surface area contributed by atoms with Gasteiger partial charge in [-0.2, -0.15) is 0 Å². The van der Waals surface area contributed by atoms with Crippen molar-refractivity contribution in [2.45, 2.75) is 111 Å². The Morgan fingerprint density at radius 2 is 1.33 bits per heavy atom. The van der Waals surface area contributed by atoms with Crippen LogP contribution in [0.1, 0.15) is 101 Å². The summed E-state index contributed by atoms with van der Waals surface area (Å²) in [7, 11) is 0. The lowest BCUT2D eigenvalue weighted by Gasteiger charge is -2.64. The van der Waals surface area contributed by atoms with Gasteiger partial charge in [0.15, 0.2) is 0 Å². The van der Waals surface area contributed by atoms with E-state index in [9.17, 15) is 9.90 Å². The van der Waals surface area contributed by atoms with Crippen molar-refractivity contribution >= 4 is 5.97 Å². The van der Waals surface area contributed by atoms with E-state index in [1.807, 2.05) is 66.7 Å². The van der Waals surface area contributed by atoms with E-state index in [-0.39, 0.29) is 61.0 Å². The molecule has 3 aromatic carbocycles. The maximum absolute atomic E-state index is 13.6. The number of carbonyl (C=O) groups is 1. The molecule has 0 aromatic heterocycles. The Hall–Kier alpha value is -3.33. The fourth-order valence-corrected chi connectivity index (χ4v) is 12.0. The number of carbonyl (C=O) groups excluding carboxylic acids is 1. The summed E-state index contributed by atoms with van der Waals surface area (Å²) in [5, 5.41) is 9.59. The molecular weight excluding hydrogens is 713 g/mol. The summed E-state index contributed by atoms with van der Waals surface area (Å²) in [6, 6.07) is 29.8. The first-order chi connectivity index (χ1) is 27.7. The molecule has 0 amide bonds. The molecule has 4 saturated carbocycles. The van der Waals surface area contributed by atoms with Crippen molar-refractivity contribution in [3.63, 3.8) is 0 Å². The Labute approximate surface area is 341 Å². The van der Waals surface area contributed by atoms with E-state index in [0.717, 1.165) is 43.2 Å². The van der Waals surface area contributed by atoms with Crippen LogP contribution in [-0.2, 0) is 36.9 Å². The Balaban J connectivity index is 1.14. The predicted molar refractivity (Wildman–Crippen MR) is 223 cm³/mol. The lowest BCUT2D eigenvalue weighted by atomic mass is 9.43. The van der Waals surface area contributed by atoms with E-state index in [1.54, 1.807) is 0 Å². The van der Waals surface area contributed by atoms with Crippen molar-refractivity contribution in [1.82, 2.24) is 0 Å². The van der Waals surface area contributed by atoms with Crippen LogP contribution >= 0.6 is 0 Å². The van der Waals surface area contributed by atoms with Gasteiger partial charge in [-0.05, 0) is 127 Å². The van der Waals surface area contributed by atoms with Gasteiger partial charge in [0, 0.05) is 6.61 Å². The van der Waals surface area contributed by atoms with Crippen molar-refractivity contribution in [3.8, 4) is 0 Å². The number of rotatable bonds is 17. The molecule has 0 heterocycles. The van der Waals surface area contributed by atoms with Crippen LogP contribution in [-0.4, -0.2) is 49.6 Å². The molecule has 57 heavy (non-hydrogen) atoms. The number of esters is 1. The zero-order chi connectivity index (χ0) is 39.8. The molecule has 3 aromatic rings. The lowest BCUT2D eigenvalue weighted by Crippen LogP contribution is -2.63. The molecule has 7 heteroatoms. The van der Waals surface area contributed by atoms with Gasteiger partial charge in [0.2, 0.25) is 0 Å². The minimum Gasteiger partial charge on any atom is -0.456 e. The van der Waals surface area contributed by atoms with E-state index in [1.165, 1.54) is 19.3 Å². The monoisotopic (exact) mass is 778 g/mol. The molecule has 0 aliphatic heterocycles. The third-order valence-electron chi connectivity index (χ3n) is 14.9. The fraction of sp³-hybridized carbons (Fsp3) is 0.580. The third kappa shape index (κ3) is 9.44. The van der Waals surface area contributed by atoms with E-state index in [0.29, 0.717) is 48.4 Å². The molecule has 4 aliphatic rings. The summed E-state index contributed by atoms with van der Waals surface area (Å²) in [4.78, 5) is 13.6. The standard InChI is InChI=1S/C50H66O7/c1-35(30-51)15-14-16-36(2)40-23-24-41-46-42(25-27-49(40,41)3)50(4)28-26-44(57-48(52)39-21-12-7-13-22-39)47(56-34-54-32-38-19-10-6-11-20-38)43(50)29-45(46)55-33-53-31-37-17-8-5-9-18-37/h5-15,17-22,35-36,40-47,51H,16,23-34H2,1-4H3/b15-14+/t35-,36+,40+,41-,42-,43-,44+,45+,46-,47+,49+,50+/m0/s1. The second-order valence-corrected chi connectivity index (χ2v) is 18.3. The van der Waals surface area contributed by atoms with Crippen molar-refractivity contribution in [2.24, 2.45) is 52.3 Å². The smallest absolute Gasteiger partial charge is 0.338 e. The molecule has 7 rings (SSSR count). The molecule has 0 unspecified atom stereocenters. The molecule has 308 valence electrons. The Morgan fingerprint density at radius 1 is 0.737 bits per heavy atom. The first kappa shape index (κ1) is 41.8. The SMILES string of the molecule is C[C@H](C/C=C/[C@H](C)CO)[C@H]1CC[C@H]2[C@@H]3[C@H](OCOCc4ccccc4)C[C@H]4[C@@H](OCOCc5ccccc5)[C@H](OC(=O)c5ccccc5)CC[C@]4(C)[C@H]3CC[C@]12C. The maximum atomic E-state index is 13.6. The summed E-state index contributed by atoms with van der Waals surface area (Å²) in [5.41, 5.74) is 3.01. The Morgan fingerprint density at radius 3 is 1.98 bits per heavy atom. The van der Waals surface area contributed by atoms with Crippen LogP contribution < -0.4 is 0 Å². The van der Waals surface area contributed by atoms with Gasteiger partial charge in [0.05, 0.1) is 24.9 Å². The normalized spacial score (nSPS) is 33.2. The van der Waals surface area contributed by atoms with Crippen LogP contribution in [0.3, 0.4) is 0 Å². The van der Waals surface area contributed by atoms with E-state index < -0.39 is 6.10 Å². The van der Waals surface area contributed by atoms with Gasteiger partial charge in [-0.3, -0.25) is 0 Å². The second-order valence-electron chi connectivity index (χ2n) is 18.3. The van der Waals surface area contributed by atoms with Gasteiger partial charge in [-0.25, -0.2) is 4.79 Å². The molecule has 7 nitrogen and oxygen atoms in total. The lowest BCUT2D eigenvalue weighted by molar-refractivity contribution is -0.251. The zero-order valence-electron chi connectivity index (χ0n) is 34.7. The fourth-order valence-electron chi connectivity index (χ4n) is 12.0. The van der Waals surface area contributed by atoms with Crippen LogP contribution in [0.25, 0.3) is 0 Å². The highest BCUT2D eigenvalue weighted by Crippen LogP contribution is 2.69. The van der Waals surface area contributed by atoms with Gasteiger partial charge in [0.1, 0.15) is 25.8 Å². The average molecular weight is 779 g/mol. The number of aliphatic hydroxyl groups is 1. The summed E-state index contributed by atoms with van der Waals surface area (Å²) >= 11 is 0. The molecule has 4 aliphatic carbocycles. The molecule has 0 saturated heterocycles. The minimum atomic E-state index is -0.394. The zero-order valence-corrected chi connectivity index (χ0v) is 34.7. The summed E-state index contributed by atoms with van der Waals surface area (Å²) in [6.45, 7) is 11.1. The van der Waals surface area contributed by atoms with Crippen molar-refractivity contribution < 1.29 is 33.6 Å². The van der Waals surface area contributed by atoms with Crippen LogP contribution in [0.2, 0.25) is 0 Å². The minimum absolute atomic E-state index is 0.00672. The summed E-state index contributed by atoms with van der Waals surface area (Å²) < 4.78 is 32.6. The molecule has 4 fully saturated rings. The van der Waals surface area contributed by atoms with Gasteiger partial charge in [0.25, 0.3) is 0 Å². The van der Waals surface area contributed by atoms with Crippen molar-refractivity contribution in [2.75, 3.05) is 20.2 Å². The van der Waals surface area contributed by atoms with Gasteiger partial charge < -0.3 is 28.8 Å². The Kier molecular flexibility index (Phi) is 14.1. The molecule has 0 bridgehead atoms. The highest BCUT2D eigenvalue weighted by Gasteiger charge is 2.65. The first-order valence-corrected chi connectivity index (χ1v) is 21.7. The number of ether oxygens (including phenoxy) is 5. The number of hydrogen-bond acceptors (Lipinski definition) is 7. The molecular formula is C50H66O7. The first-order valence-electron chi connectivity index (χ1n) is 21.7. The Bertz CT molecular complexity index is 1720. The predicted octanol–water partition coefficient (Wildman–Crippen LogP) is 10.4. The van der Waals surface area contributed by atoms with E-state index >= 15 is 0 Å². The number of aliphatic hydroxyl groups excluding tert-OH is 1. The average Bonchev–Trinajstić information content (AvgIpc) is 3.60. The summed E-state index contributed by atoms with van der Waals surface area (Å²) in [6.07, 6.45) is 12.2. The van der Waals surface area contributed by atoms with Crippen LogP contribution in [0.15, 0.2) is 103 Å². The molecule has 12 atom stereocenters. The van der Waals surface area contributed by atoms with Gasteiger partial charge >= 0.3 is 5.97 Å². The van der Waals surface area contributed by atoms with Gasteiger partial charge in [-0.15, -0.1) is 0 Å². The molecule has 1 N–H and O–H groups in total. The maximum Gasteiger partial charge on any atom is 0.338 e. The van der Waals surface area contributed by atoms with E-state index in [4.69, 9.17) is 23.7 Å². The highest BCUT2D eigenvalue weighted by molar-refractivity contribution is 5.89. The van der Waals surface area contributed by atoms with E-state index in [2.05, 4.69) is 64.1 Å². The highest BCUT2D eigenvalue weighted by atomic mass is 16.7. The third-order valence-corrected chi connectivity index (χ3v) is 14.9. The second kappa shape index (κ2) is 19.2.